The van der Waals surface area contributed by atoms with Gasteiger partial charge in [-0.3, -0.25) is 4.79 Å². The lowest BCUT2D eigenvalue weighted by Crippen LogP contribution is -2.08. The predicted octanol–water partition coefficient (Wildman–Crippen LogP) is 5.10. The zero-order valence-corrected chi connectivity index (χ0v) is 20.3. The topological polar surface area (TPSA) is 57.3 Å². The maximum absolute atomic E-state index is 11.1. The van der Waals surface area contributed by atoms with E-state index in [0.717, 1.165) is 34.8 Å². The smallest absolute Gasteiger partial charge is 0.228 e. The summed E-state index contributed by atoms with van der Waals surface area (Å²) in [6, 6.07) is 12.0. The molecular weight excluding hydrogens is 416 g/mol. The standard InChI is InChI=1S/C10H10ClNO.C7H5NS.C4H11N.C2H7N/c1-2-6-3-7-4-10(13)12-9(7)5-8(6)11;1-2-4-7-6(3-1)5-8-9-7;1-4-5(2)3;1-3-2/h3,5H,2,4H2,1H3,(H,12,13);1-5H;4H2,1-3H3;3H,1-2H3. The summed E-state index contributed by atoms with van der Waals surface area (Å²) in [5.74, 6) is 0.0549. The van der Waals surface area contributed by atoms with Crippen molar-refractivity contribution >= 4 is 44.8 Å². The van der Waals surface area contributed by atoms with Gasteiger partial charge in [0.15, 0.2) is 0 Å². The average molecular weight is 449 g/mol. The number of nitrogens with zero attached hydrogens (tertiary/aromatic N) is 2. The molecule has 0 bridgehead atoms. The van der Waals surface area contributed by atoms with Crippen LogP contribution in [0, 0.1) is 0 Å². The number of benzene rings is 2. The highest BCUT2D eigenvalue weighted by Gasteiger charge is 2.18. The summed E-state index contributed by atoms with van der Waals surface area (Å²) in [4.78, 5) is 13.2. The van der Waals surface area contributed by atoms with E-state index in [1.165, 1.54) is 21.6 Å². The molecule has 4 rings (SSSR count). The van der Waals surface area contributed by atoms with Gasteiger partial charge in [-0.05, 0) is 75.9 Å². The number of nitrogens with one attached hydrogen (secondary N) is 2. The number of hydrogen-bond donors (Lipinski definition) is 2. The Kier molecular flexibility index (Phi) is 12.2. The van der Waals surface area contributed by atoms with E-state index < -0.39 is 0 Å². The molecule has 164 valence electrons. The first-order valence-electron chi connectivity index (χ1n) is 9.99. The molecule has 5 nitrogen and oxygen atoms in total. The van der Waals surface area contributed by atoms with Crippen LogP contribution < -0.4 is 10.6 Å². The van der Waals surface area contributed by atoms with Crippen LogP contribution in [0.15, 0.2) is 42.6 Å². The largest absolute Gasteiger partial charge is 0.325 e. The van der Waals surface area contributed by atoms with E-state index in [0.29, 0.717) is 6.42 Å². The fourth-order valence-corrected chi connectivity index (χ4v) is 3.32. The Bertz CT molecular complexity index is 881. The molecule has 2 N–H and O–H groups in total. The monoisotopic (exact) mass is 448 g/mol. The molecule has 0 saturated carbocycles. The third-order valence-electron chi connectivity index (χ3n) is 4.17. The minimum Gasteiger partial charge on any atom is -0.325 e. The Balaban J connectivity index is 0.000000230. The lowest BCUT2D eigenvalue weighted by atomic mass is 10.1. The summed E-state index contributed by atoms with van der Waals surface area (Å²) in [6.45, 7) is 5.32. The molecule has 7 heteroatoms. The maximum Gasteiger partial charge on any atom is 0.228 e. The lowest BCUT2D eigenvalue weighted by Gasteiger charge is -2.04. The molecule has 1 aromatic heterocycles. The first-order chi connectivity index (χ1) is 14.4. The number of carbonyl (C=O) groups excluding carboxylic acids is 1. The third kappa shape index (κ3) is 8.79. The van der Waals surface area contributed by atoms with Crippen molar-refractivity contribution in [2.45, 2.75) is 26.7 Å². The van der Waals surface area contributed by atoms with E-state index >= 15 is 0 Å². The average Bonchev–Trinajstić information content (AvgIpc) is 3.34. The van der Waals surface area contributed by atoms with Crippen molar-refractivity contribution in [3.05, 3.63) is 58.7 Å². The number of aromatic nitrogens is 1. The highest BCUT2D eigenvalue weighted by atomic mass is 35.5. The van der Waals surface area contributed by atoms with Crippen LogP contribution in [0.2, 0.25) is 5.02 Å². The Morgan fingerprint density at radius 1 is 1.20 bits per heavy atom. The van der Waals surface area contributed by atoms with E-state index in [4.69, 9.17) is 11.6 Å². The van der Waals surface area contributed by atoms with Gasteiger partial charge in [-0.25, -0.2) is 0 Å². The molecule has 30 heavy (non-hydrogen) atoms. The maximum atomic E-state index is 11.1. The number of aryl methyl sites for hydroxylation is 1. The molecule has 0 aliphatic carbocycles. The molecule has 0 saturated heterocycles. The van der Waals surface area contributed by atoms with Gasteiger partial charge >= 0.3 is 0 Å². The van der Waals surface area contributed by atoms with Crippen molar-refractivity contribution in [1.29, 1.82) is 0 Å². The Labute approximate surface area is 189 Å². The Morgan fingerprint density at radius 2 is 1.83 bits per heavy atom. The molecule has 2 heterocycles. The van der Waals surface area contributed by atoms with Crippen LogP contribution in [0.3, 0.4) is 0 Å². The summed E-state index contributed by atoms with van der Waals surface area (Å²) >= 11 is 7.54. The normalized spacial score (nSPS) is 11.4. The minimum absolute atomic E-state index is 0.0549. The van der Waals surface area contributed by atoms with E-state index in [2.05, 4.69) is 60.0 Å². The predicted molar refractivity (Wildman–Crippen MR) is 132 cm³/mol. The Hall–Kier alpha value is -1.99. The number of amides is 1. The van der Waals surface area contributed by atoms with E-state index in [9.17, 15) is 4.79 Å². The number of carbonyl (C=O) groups is 1. The quantitative estimate of drug-likeness (QED) is 0.572. The van der Waals surface area contributed by atoms with Gasteiger partial charge in [0.1, 0.15) is 0 Å². The molecule has 0 spiro atoms. The van der Waals surface area contributed by atoms with Crippen LogP contribution in [0.1, 0.15) is 25.0 Å². The van der Waals surface area contributed by atoms with Gasteiger partial charge in [0, 0.05) is 22.3 Å². The molecule has 1 aliphatic heterocycles. The van der Waals surface area contributed by atoms with Gasteiger partial charge in [0.25, 0.3) is 0 Å². The fourth-order valence-electron chi connectivity index (χ4n) is 2.38. The molecule has 0 radical (unpaired) electrons. The summed E-state index contributed by atoms with van der Waals surface area (Å²) in [5.41, 5.74) is 3.04. The second-order valence-corrected chi connectivity index (χ2v) is 8.18. The van der Waals surface area contributed by atoms with Gasteiger partial charge in [0.05, 0.1) is 11.1 Å². The van der Waals surface area contributed by atoms with Crippen LogP contribution in [-0.4, -0.2) is 49.9 Å². The van der Waals surface area contributed by atoms with Gasteiger partial charge in [-0.15, -0.1) is 0 Å². The summed E-state index contributed by atoms with van der Waals surface area (Å²) in [6.07, 6.45) is 3.28. The van der Waals surface area contributed by atoms with Crippen molar-refractivity contribution < 1.29 is 4.79 Å². The van der Waals surface area contributed by atoms with Gasteiger partial charge in [-0.1, -0.05) is 49.7 Å². The number of anilines is 1. The summed E-state index contributed by atoms with van der Waals surface area (Å²) in [5, 5.41) is 7.49. The van der Waals surface area contributed by atoms with Crippen molar-refractivity contribution in [2.24, 2.45) is 0 Å². The lowest BCUT2D eigenvalue weighted by molar-refractivity contribution is -0.115. The fraction of sp³-hybridized carbons (Fsp3) is 0.391. The summed E-state index contributed by atoms with van der Waals surface area (Å²) in [7, 11) is 7.86. The second kappa shape index (κ2) is 14.1. The van der Waals surface area contributed by atoms with Crippen LogP contribution in [0.5, 0.6) is 0 Å². The van der Waals surface area contributed by atoms with Gasteiger partial charge < -0.3 is 15.5 Å². The zero-order chi connectivity index (χ0) is 22.5. The third-order valence-corrected chi connectivity index (χ3v) is 5.30. The van der Waals surface area contributed by atoms with Crippen LogP contribution in [0.4, 0.5) is 5.69 Å². The van der Waals surface area contributed by atoms with Gasteiger partial charge in [-0.2, -0.15) is 4.37 Å². The van der Waals surface area contributed by atoms with Crippen molar-refractivity contribution in [3.63, 3.8) is 0 Å². The van der Waals surface area contributed by atoms with Crippen molar-refractivity contribution in [2.75, 3.05) is 40.1 Å². The zero-order valence-electron chi connectivity index (χ0n) is 18.8. The molecule has 0 unspecified atom stereocenters. The van der Waals surface area contributed by atoms with Crippen LogP contribution >= 0.6 is 23.1 Å². The SMILES string of the molecule is CCN(C)C.CCc1cc2c(cc1Cl)NC(=O)C2.CNC.c1ccc2sncc2c1. The van der Waals surface area contributed by atoms with E-state index in [1.54, 1.807) is 0 Å². The molecule has 2 aromatic carbocycles. The highest BCUT2D eigenvalue weighted by Crippen LogP contribution is 2.29. The summed E-state index contributed by atoms with van der Waals surface area (Å²) < 4.78 is 5.30. The van der Waals surface area contributed by atoms with E-state index in [-0.39, 0.29) is 5.91 Å². The van der Waals surface area contributed by atoms with Crippen LogP contribution in [-0.2, 0) is 17.6 Å². The number of hydrogen-bond acceptors (Lipinski definition) is 5. The molecule has 0 fully saturated rings. The number of rotatable bonds is 2. The first-order valence-corrected chi connectivity index (χ1v) is 11.1. The van der Waals surface area contributed by atoms with Crippen molar-refractivity contribution in [3.8, 4) is 0 Å². The Morgan fingerprint density at radius 3 is 2.40 bits per heavy atom. The highest BCUT2D eigenvalue weighted by molar-refractivity contribution is 7.13. The first kappa shape index (κ1) is 26.0. The second-order valence-electron chi connectivity index (χ2n) is 6.94. The molecule has 0 atom stereocenters. The minimum atomic E-state index is 0.0549. The van der Waals surface area contributed by atoms with Gasteiger partial charge in [0.2, 0.25) is 5.91 Å². The molecular formula is C23H33ClN4OS. The molecule has 3 aromatic rings. The van der Waals surface area contributed by atoms with Crippen molar-refractivity contribution in [1.82, 2.24) is 14.6 Å². The molecule has 1 aliphatic rings. The van der Waals surface area contributed by atoms with Crippen LogP contribution in [0.25, 0.3) is 10.1 Å². The number of halogens is 1. The number of fused-ring (bicyclic) bond motifs is 2. The molecule has 1 amide bonds. The van der Waals surface area contributed by atoms with E-state index in [1.807, 2.05) is 44.6 Å².